The van der Waals surface area contributed by atoms with Gasteiger partial charge in [0.05, 0.1) is 0 Å². The van der Waals surface area contributed by atoms with Crippen molar-refractivity contribution < 1.29 is 0 Å². The first-order chi connectivity index (χ1) is 9.85. The molecule has 1 aliphatic carbocycles. The van der Waals surface area contributed by atoms with Crippen LogP contribution in [0.3, 0.4) is 0 Å². The summed E-state index contributed by atoms with van der Waals surface area (Å²) < 4.78 is 0. The Kier molecular flexibility index (Phi) is 4.22. The maximum Gasteiger partial charge on any atom is 0.0487 e. The topological polar surface area (TPSA) is 3.24 Å². The Bertz CT molecular complexity index is 633. The number of rotatable bonds is 4. The molecule has 0 amide bonds. The second-order valence-corrected chi connectivity index (χ2v) is 6.22. The summed E-state index contributed by atoms with van der Waals surface area (Å²) in [4.78, 5) is 2.23. The second-order valence-electron chi connectivity index (χ2n) is 6.22. The molecule has 0 heterocycles. The van der Waals surface area contributed by atoms with Gasteiger partial charge in [0.15, 0.2) is 0 Å². The van der Waals surface area contributed by atoms with Crippen molar-refractivity contribution in [1.29, 1.82) is 0 Å². The normalized spacial score (nSPS) is 20.9. The Morgan fingerprint density at radius 3 is 2.33 bits per heavy atom. The summed E-state index contributed by atoms with van der Waals surface area (Å²) in [5.41, 5.74) is 5.93. The molecule has 2 rings (SSSR count). The van der Waals surface area contributed by atoms with Gasteiger partial charge in [0.25, 0.3) is 0 Å². The van der Waals surface area contributed by atoms with Crippen LogP contribution in [0.1, 0.15) is 32.8 Å². The third-order valence-electron chi connectivity index (χ3n) is 4.33. The number of hydrogen-bond donors (Lipinski definition) is 0. The number of allylic oxidation sites excluding steroid dienone is 5. The molecule has 1 aromatic rings. The molecule has 0 fully saturated rings. The van der Waals surface area contributed by atoms with Gasteiger partial charge in [-0.2, -0.15) is 0 Å². The van der Waals surface area contributed by atoms with E-state index in [2.05, 4.69) is 81.3 Å². The SMILES string of the molecule is C=C(C)N(C1=CCC(C)(C(=C)C)C=C1)c1ccccc1C. The highest BCUT2D eigenvalue weighted by Crippen LogP contribution is 2.38. The van der Waals surface area contributed by atoms with Gasteiger partial charge in [-0.3, -0.25) is 0 Å². The Balaban J connectivity index is 2.37. The average Bonchev–Trinajstić information content (AvgIpc) is 2.43. The third kappa shape index (κ3) is 3.02. The van der Waals surface area contributed by atoms with Crippen molar-refractivity contribution in [3.63, 3.8) is 0 Å². The second kappa shape index (κ2) is 5.77. The van der Waals surface area contributed by atoms with Crippen LogP contribution in [0.15, 0.2) is 72.6 Å². The lowest BCUT2D eigenvalue weighted by molar-refractivity contribution is 0.516. The van der Waals surface area contributed by atoms with Crippen LogP contribution in [0.25, 0.3) is 0 Å². The van der Waals surface area contributed by atoms with E-state index >= 15 is 0 Å². The van der Waals surface area contributed by atoms with Crippen molar-refractivity contribution in [2.45, 2.75) is 34.1 Å². The molecule has 110 valence electrons. The molecular formula is C20H25N. The van der Waals surface area contributed by atoms with Gasteiger partial charge in [-0.05, 0) is 44.9 Å². The minimum atomic E-state index is 0.0655. The zero-order valence-electron chi connectivity index (χ0n) is 13.6. The summed E-state index contributed by atoms with van der Waals surface area (Å²) in [5, 5.41) is 0. The lowest BCUT2D eigenvalue weighted by Crippen LogP contribution is -2.24. The fourth-order valence-corrected chi connectivity index (χ4v) is 2.58. The highest BCUT2D eigenvalue weighted by molar-refractivity contribution is 5.64. The zero-order chi connectivity index (χ0) is 15.6. The van der Waals surface area contributed by atoms with Gasteiger partial charge >= 0.3 is 0 Å². The summed E-state index contributed by atoms with van der Waals surface area (Å²) in [6.07, 6.45) is 7.72. The summed E-state index contributed by atoms with van der Waals surface area (Å²) in [6.45, 7) is 16.8. The molecule has 0 saturated carbocycles. The maximum atomic E-state index is 4.15. The van der Waals surface area contributed by atoms with Crippen molar-refractivity contribution in [3.8, 4) is 0 Å². The van der Waals surface area contributed by atoms with Crippen LogP contribution in [-0.2, 0) is 0 Å². The van der Waals surface area contributed by atoms with Gasteiger partial charge in [-0.1, -0.05) is 56.0 Å². The Morgan fingerprint density at radius 2 is 1.86 bits per heavy atom. The van der Waals surface area contributed by atoms with Crippen LogP contribution >= 0.6 is 0 Å². The van der Waals surface area contributed by atoms with Crippen molar-refractivity contribution >= 4 is 5.69 Å². The van der Waals surface area contributed by atoms with Crippen molar-refractivity contribution in [2.24, 2.45) is 5.41 Å². The van der Waals surface area contributed by atoms with Crippen LogP contribution in [0, 0.1) is 12.3 Å². The predicted octanol–water partition coefficient (Wildman–Crippen LogP) is 5.76. The summed E-state index contributed by atoms with van der Waals surface area (Å²) in [6, 6.07) is 8.42. The standard InChI is InChI=1S/C20H25N/c1-15(2)20(6)13-11-18(12-14-20)21(16(3)4)19-10-8-7-9-17(19)5/h7-13H,1,3,14H2,2,4-6H3. The number of para-hydroxylation sites is 1. The fraction of sp³-hybridized carbons (Fsp3) is 0.300. The smallest absolute Gasteiger partial charge is 0.0487 e. The number of aryl methyl sites for hydroxylation is 1. The molecule has 1 nitrogen and oxygen atoms in total. The molecular weight excluding hydrogens is 254 g/mol. The van der Waals surface area contributed by atoms with E-state index in [-0.39, 0.29) is 5.41 Å². The number of benzene rings is 1. The van der Waals surface area contributed by atoms with Crippen LogP contribution in [0.5, 0.6) is 0 Å². The molecule has 0 radical (unpaired) electrons. The Hall–Kier alpha value is -2.02. The van der Waals surface area contributed by atoms with E-state index in [1.165, 1.54) is 22.5 Å². The van der Waals surface area contributed by atoms with Crippen LogP contribution < -0.4 is 4.90 Å². The quantitative estimate of drug-likeness (QED) is 0.633. The number of hydrogen-bond acceptors (Lipinski definition) is 1. The van der Waals surface area contributed by atoms with Gasteiger partial charge in [-0.15, -0.1) is 0 Å². The summed E-state index contributed by atoms with van der Waals surface area (Å²) in [7, 11) is 0. The summed E-state index contributed by atoms with van der Waals surface area (Å²) >= 11 is 0. The van der Waals surface area contributed by atoms with E-state index in [0.29, 0.717) is 0 Å². The van der Waals surface area contributed by atoms with Gasteiger partial charge in [0, 0.05) is 22.5 Å². The molecule has 1 heteroatoms. The predicted molar refractivity (Wildman–Crippen MR) is 93.2 cm³/mol. The summed E-state index contributed by atoms with van der Waals surface area (Å²) in [5.74, 6) is 0. The first kappa shape index (κ1) is 15.4. The van der Waals surface area contributed by atoms with E-state index in [9.17, 15) is 0 Å². The van der Waals surface area contributed by atoms with Crippen molar-refractivity contribution in [2.75, 3.05) is 4.90 Å². The fourth-order valence-electron chi connectivity index (χ4n) is 2.58. The molecule has 1 unspecified atom stereocenters. The van der Waals surface area contributed by atoms with Crippen LogP contribution in [-0.4, -0.2) is 0 Å². The highest BCUT2D eigenvalue weighted by Gasteiger charge is 2.25. The highest BCUT2D eigenvalue weighted by atomic mass is 15.1. The molecule has 1 atom stereocenters. The molecule has 21 heavy (non-hydrogen) atoms. The van der Waals surface area contributed by atoms with Crippen molar-refractivity contribution in [1.82, 2.24) is 0 Å². The Labute approximate surface area is 129 Å². The number of anilines is 1. The average molecular weight is 279 g/mol. The minimum Gasteiger partial charge on any atom is -0.315 e. The first-order valence-electron chi connectivity index (χ1n) is 7.42. The molecule has 0 N–H and O–H groups in total. The monoisotopic (exact) mass is 279 g/mol. The van der Waals surface area contributed by atoms with Crippen molar-refractivity contribution in [3.05, 3.63) is 78.2 Å². The molecule has 0 aliphatic heterocycles. The molecule has 1 aromatic carbocycles. The lowest BCUT2D eigenvalue weighted by atomic mass is 9.77. The molecule has 0 aromatic heterocycles. The van der Waals surface area contributed by atoms with Gasteiger partial charge in [0.1, 0.15) is 0 Å². The van der Waals surface area contributed by atoms with E-state index < -0.39 is 0 Å². The molecule has 0 saturated heterocycles. The largest absolute Gasteiger partial charge is 0.315 e. The maximum absolute atomic E-state index is 4.15. The lowest BCUT2D eigenvalue weighted by Gasteiger charge is -2.34. The number of nitrogens with zero attached hydrogens (tertiary/aromatic N) is 1. The molecule has 0 spiro atoms. The van der Waals surface area contributed by atoms with Gasteiger partial charge in [-0.25, -0.2) is 0 Å². The van der Waals surface area contributed by atoms with E-state index in [1.807, 2.05) is 6.92 Å². The molecule has 1 aliphatic rings. The van der Waals surface area contributed by atoms with Gasteiger partial charge < -0.3 is 4.90 Å². The first-order valence-corrected chi connectivity index (χ1v) is 7.42. The zero-order valence-corrected chi connectivity index (χ0v) is 13.6. The van der Waals surface area contributed by atoms with Crippen LogP contribution in [0.4, 0.5) is 5.69 Å². The van der Waals surface area contributed by atoms with E-state index in [4.69, 9.17) is 0 Å². The van der Waals surface area contributed by atoms with Crippen LogP contribution in [0.2, 0.25) is 0 Å². The third-order valence-corrected chi connectivity index (χ3v) is 4.33. The van der Waals surface area contributed by atoms with E-state index in [0.717, 1.165) is 12.1 Å². The minimum absolute atomic E-state index is 0.0655. The Morgan fingerprint density at radius 1 is 1.19 bits per heavy atom. The molecule has 0 bridgehead atoms. The van der Waals surface area contributed by atoms with E-state index in [1.54, 1.807) is 0 Å². The van der Waals surface area contributed by atoms with Gasteiger partial charge in [0.2, 0.25) is 0 Å².